The Morgan fingerprint density at radius 1 is 1.46 bits per heavy atom. The van der Waals surface area contributed by atoms with Crippen LogP contribution in [0.5, 0.6) is 0 Å². The number of amides is 1. The van der Waals surface area contributed by atoms with Gasteiger partial charge in [0, 0.05) is 35.9 Å². The summed E-state index contributed by atoms with van der Waals surface area (Å²) in [6, 6.07) is 8.61. The number of rotatable bonds is 6. The number of piperidine rings is 1. The number of hydrogen-bond acceptors (Lipinski definition) is 2. The van der Waals surface area contributed by atoms with E-state index in [2.05, 4.69) is 57.3 Å². The monoisotopic (exact) mass is 420 g/mol. The number of likely N-dealkylation sites (tertiary alicyclic amines) is 1. The highest BCUT2D eigenvalue weighted by Crippen LogP contribution is 2.48. The molecule has 0 aromatic heterocycles. The number of guanidine groups is 1. The van der Waals surface area contributed by atoms with E-state index in [0.29, 0.717) is 12.3 Å². The first-order valence-corrected chi connectivity index (χ1v) is 10.4. The number of nitrogens with two attached hydrogens (primary N) is 1. The maximum atomic E-state index is 11.3. The van der Waals surface area contributed by atoms with Crippen LogP contribution < -0.4 is 11.1 Å². The molecule has 0 bridgehead atoms. The molecule has 2 aliphatic rings. The molecule has 1 aromatic rings. The largest absolute Gasteiger partial charge is 0.370 e. The van der Waals surface area contributed by atoms with Gasteiger partial charge in [-0.2, -0.15) is 0 Å². The molecule has 1 atom stereocenters. The lowest BCUT2D eigenvalue weighted by Crippen LogP contribution is -2.47. The van der Waals surface area contributed by atoms with Crippen molar-refractivity contribution in [2.24, 2.45) is 16.6 Å². The number of nitrogens with one attached hydrogen (secondary N) is 1. The van der Waals surface area contributed by atoms with Crippen LogP contribution in [0.3, 0.4) is 0 Å². The first-order chi connectivity index (χ1) is 12.5. The molecule has 0 spiro atoms. The van der Waals surface area contributed by atoms with Gasteiger partial charge < -0.3 is 16.0 Å². The normalized spacial score (nSPS) is 22.2. The topological polar surface area (TPSA) is 70.7 Å². The van der Waals surface area contributed by atoms with Crippen molar-refractivity contribution in [2.75, 3.05) is 26.2 Å². The summed E-state index contributed by atoms with van der Waals surface area (Å²) >= 11 is 3.58. The third-order valence-corrected chi connectivity index (χ3v) is 5.96. The second-order valence-corrected chi connectivity index (χ2v) is 8.50. The summed E-state index contributed by atoms with van der Waals surface area (Å²) in [5.74, 6) is 1.11. The lowest BCUT2D eigenvalue weighted by atomic mass is 9.94. The van der Waals surface area contributed by atoms with Crippen LogP contribution in [0.15, 0.2) is 33.7 Å². The van der Waals surface area contributed by atoms with E-state index in [1.807, 2.05) is 0 Å². The Bertz CT molecular complexity index is 672. The van der Waals surface area contributed by atoms with Gasteiger partial charge in [-0.1, -0.05) is 28.1 Å². The zero-order chi connectivity index (χ0) is 18.6. The molecule has 3 rings (SSSR count). The third kappa shape index (κ3) is 4.78. The summed E-state index contributed by atoms with van der Waals surface area (Å²) in [6.07, 6.45) is 5.01. The summed E-state index contributed by atoms with van der Waals surface area (Å²) in [4.78, 5) is 18.6. The zero-order valence-electron chi connectivity index (χ0n) is 15.5. The van der Waals surface area contributed by atoms with Crippen LogP contribution in [0.25, 0.3) is 0 Å². The first-order valence-electron chi connectivity index (χ1n) is 9.60. The van der Waals surface area contributed by atoms with Gasteiger partial charge in [-0.05, 0) is 56.2 Å². The summed E-state index contributed by atoms with van der Waals surface area (Å²) in [6.45, 7) is 5.60. The van der Waals surface area contributed by atoms with Crippen molar-refractivity contribution in [3.8, 4) is 0 Å². The standard InChI is InChI=1S/C20H29BrN4O/c1-2-23-19(25-10-4-5-15(13-25)11-18(22)26)24-14-20(8-9-20)16-6-3-7-17(21)12-16/h3,6-7,12,15H,2,4-5,8-11,13-14H2,1H3,(H2,22,26)(H,23,24). The Hall–Kier alpha value is -1.56. The van der Waals surface area contributed by atoms with E-state index in [-0.39, 0.29) is 11.3 Å². The van der Waals surface area contributed by atoms with Gasteiger partial charge in [0.2, 0.25) is 5.91 Å². The van der Waals surface area contributed by atoms with E-state index in [1.54, 1.807) is 0 Å². The molecule has 1 saturated carbocycles. The van der Waals surface area contributed by atoms with Crippen molar-refractivity contribution in [3.05, 3.63) is 34.3 Å². The molecule has 6 heteroatoms. The highest BCUT2D eigenvalue weighted by molar-refractivity contribution is 9.10. The summed E-state index contributed by atoms with van der Waals surface area (Å²) in [5, 5.41) is 3.44. The van der Waals surface area contributed by atoms with Gasteiger partial charge in [-0.3, -0.25) is 9.79 Å². The number of aliphatic imine (C=N–C) groups is 1. The molecule has 5 nitrogen and oxygen atoms in total. The van der Waals surface area contributed by atoms with E-state index in [9.17, 15) is 4.79 Å². The van der Waals surface area contributed by atoms with Crippen molar-refractivity contribution in [1.29, 1.82) is 0 Å². The van der Waals surface area contributed by atoms with E-state index in [0.717, 1.165) is 49.5 Å². The highest BCUT2D eigenvalue weighted by Gasteiger charge is 2.44. The van der Waals surface area contributed by atoms with Gasteiger partial charge >= 0.3 is 0 Å². The van der Waals surface area contributed by atoms with Gasteiger partial charge in [-0.15, -0.1) is 0 Å². The molecule has 142 valence electrons. The average molecular weight is 421 g/mol. The molecule has 26 heavy (non-hydrogen) atoms. The van der Waals surface area contributed by atoms with Crippen LogP contribution in [0.1, 0.15) is 44.6 Å². The number of primary amides is 1. The van der Waals surface area contributed by atoms with Crippen LogP contribution >= 0.6 is 15.9 Å². The Balaban J connectivity index is 1.70. The Kier molecular flexibility index (Phi) is 6.22. The molecular formula is C20H29BrN4O. The lowest BCUT2D eigenvalue weighted by molar-refractivity contribution is -0.119. The van der Waals surface area contributed by atoms with Crippen molar-refractivity contribution in [2.45, 2.75) is 44.4 Å². The maximum absolute atomic E-state index is 11.3. The molecule has 1 unspecified atom stereocenters. The molecule has 1 heterocycles. The fourth-order valence-electron chi connectivity index (χ4n) is 3.87. The van der Waals surface area contributed by atoms with Crippen LogP contribution in [-0.2, 0) is 10.2 Å². The minimum absolute atomic E-state index is 0.187. The first kappa shape index (κ1) is 19.2. The number of halogens is 1. The predicted molar refractivity (Wildman–Crippen MR) is 109 cm³/mol. The molecule has 0 radical (unpaired) electrons. The molecule has 1 aliphatic heterocycles. The van der Waals surface area contributed by atoms with Crippen LogP contribution in [0.2, 0.25) is 0 Å². The van der Waals surface area contributed by atoms with E-state index >= 15 is 0 Å². The second-order valence-electron chi connectivity index (χ2n) is 7.59. The number of nitrogens with zero attached hydrogens (tertiary/aromatic N) is 2. The minimum Gasteiger partial charge on any atom is -0.370 e. The summed E-state index contributed by atoms with van der Waals surface area (Å²) in [7, 11) is 0. The number of hydrogen-bond donors (Lipinski definition) is 2. The van der Waals surface area contributed by atoms with Gasteiger partial charge in [0.05, 0.1) is 6.54 Å². The van der Waals surface area contributed by atoms with E-state index < -0.39 is 0 Å². The van der Waals surface area contributed by atoms with Crippen LogP contribution in [0.4, 0.5) is 0 Å². The smallest absolute Gasteiger partial charge is 0.217 e. The Morgan fingerprint density at radius 3 is 2.92 bits per heavy atom. The maximum Gasteiger partial charge on any atom is 0.217 e. The molecule has 1 aromatic carbocycles. The molecule has 2 fully saturated rings. The van der Waals surface area contributed by atoms with Gasteiger partial charge in [-0.25, -0.2) is 0 Å². The SMILES string of the molecule is CCNC(=NCC1(c2cccc(Br)c2)CC1)N1CCCC(CC(N)=O)C1. The van der Waals surface area contributed by atoms with Crippen molar-refractivity contribution < 1.29 is 4.79 Å². The van der Waals surface area contributed by atoms with Crippen LogP contribution in [-0.4, -0.2) is 42.9 Å². The van der Waals surface area contributed by atoms with E-state index in [4.69, 9.17) is 10.7 Å². The lowest BCUT2D eigenvalue weighted by Gasteiger charge is -2.35. The van der Waals surface area contributed by atoms with Crippen molar-refractivity contribution in [1.82, 2.24) is 10.2 Å². The molecule has 1 saturated heterocycles. The second kappa shape index (κ2) is 8.42. The summed E-state index contributed by atoms with van der Waals surface area (Å²) in [5.41, 5.74) is 6.96. The fourth-order valence-corrected chi connectivity index (χ4v) is 4.27. The number of benzene rings is 1. The summed E-state index contributed by atoms with van der Waals surface area (Å²) < 4.78 is 1.13. The minimum atomic E-state index is -0.203. The molecular weight excluding hydrogens is 392 g/mol. The fraction of sp³-hybridized carbons (Fsp3) is 0.600. The molecule has 1 aliphatic carbocycles. The average Bonchev–Trinajstić information content (AvgIpc) is 3.39. The quantitative estimate of drug-likeness (QED) is 0.548. The Morgan fingerprint density at radius 2 is 2.27 bits per heavy atom. The van der Waals surface area contributed by atoms with Crippen LogP contribution in [0, 0.1) is 5.92 Å². The van der Waals surface area contributed by atoms with Gasteiger partial charge in [0.1, 0.15) is 0 Å². The zero-order valence-corrected chi connectivity index (χ0v) is 17.1. The number of carbonyl (C=O) groups is 1. The van der Waals surface area contributed by atoms with Gasteiger partial charge in [0.15, 0.2) is 5.96 Å². The van der Waals surface area contributed by atoms with Gasteiger partial charge in [0.25, 0.3) is 0 Å². The Labute approximate surface area is 164 Å². The molecule has 3 N–H and O–H groups in total. The van der Waals surface area contributed by atoms with E-state index in [1.165, 1.54) is 18.4 Å². The van der Waals surface area contributed by atoms with Crippen molar-refractivity contribution in [3.63, 3.8) is 0 Å². The highest BCUT2D eigenvalue weighted by atomic mass is 79.9. The number of carbonyl (C=O) groups excluding carboxylic acids is 1. The van der Waals surface area contributed by atoms with Crippen molar-refractivity contribution >= 4 is 27.8 Å². The predicted octanol–water partition coefficient (Wildman–Crippen LogP) is 3.03. The molecule has 1 amide bonds. The third-order valence-electron chi connectivity index (χ3n) is 5.47.